The molecule has 1 aromatic rings. The Morgan fingerprint density at radius 3 is 2.95 bits per heavy atom. The zero-order valence-corrected chi connectivity index (χ0v) is 14.1. The number of carbonyl (C=O) groups excluding carboxylic acids is 1. The molecule has 0 aromatic heterocycles. The van der Waals surface area contributed by atoms with E-state index in [0.29, 0.717) is 12.6 Å². The van der Waals surface area contributed by atoms with Gasteiger partial charge in [-0.2, -0.15) is 0 Å². The second-order valence-electron chi connectivity index (χ2n) is 6.04. The van der Waals surface area contributed by atoms with E-state index in [1.807, 2.05) is 11.0 Å². The van der Waals surface area contributed by atoms with Crippen molar-refractivity contribution in [1.82, 2.24) is 10.2 Å². The summed E-state index contributed by atoms with van der Waals surface area (Å²) >= 11 is 0. The van der Waals surface area contributed by atoms with Crippen molar-refractivity contribution in [2.45, 2.75) is 32.2 Å². The number of fused-ring (bicyclic) bond motifs is 1. The molecule has 1 aromatic carbocycles. The molecule has 1 fully saturated rings. The molecule has 0 radical (unpaired) electrons. The molecule has 122 valence electrons. The number of benzene rings is 1. The number of halogens is 1. The average molecular weight is 324 g/mol. The molecule has 0 bridgehead atoms. The van der Waals surface area contributed by atoms with Crippen molar-refractivity contribution < 1.29 is 4.79 Å². The van der Waals surface area contributed by atoms with Gasteiger partial charge in [-0.3, -0.25) is 9.69 Å². The lowest BCUT2D eigenvalue weighted by Crippen LogP contribution is -2.45. The first-order chi connectivity index (χ1) is 10.3. The van der Waals surface area contributed by atoms with Crippen LogP contribution in [0.2, 0.25) is 0 Å². The van der Waals surface area contributed by atoms with Crippen LogP contribution in [-0.4, -0.2) is 49.6 Å². The molecule has 1 saturated heterocycles. The van der Waals surface area contributed by atoms with E-state index in [2.05, 4.69) is 35.3 Å². The van der Waals surface area contributed by atoms with Crippen molar-refractivity contribution in [3.63, 3.8) is 0 Å². The van der Waals surface area contributed by atoms with Gasteiger partial charge in [-0.05, 0) is 44.0 Å². The Morgan fingerprint density at radius 2 is 2.23 bits per heavy atom. The van der Waals surface area contributed by atoms with Crippen LogP contribution in [0.25, 0.3) is 0 Å². The van der Waals surface area contributed by atoms with Gasteiger partial charge in [-0.15, -0.1) is 12.4 Å². The monoisotopic (exact) mass is 323 g/mol. The molecule has 1 atom stereocenters. The third kappa shape index (κ3) is 3.62. The van der Waals surface area contributed by atoms with Gasteiger partial charge in [0.2, 0.25) is 5.91 Å². The maximum absolute atomic E-state index is 12.7. The molecular weight excluding hydrogens is 298 g/mol. The van der Waals surface area contributed by atoms with E-state index in [9.17, 15) is 4.79 Å². The number of nitrogens with one attached hydrogen (secondary N) is 1. The summed E-state index contributed by atoms with van der Waals surface area (Å²) in [6, 6.07) is 8.80. The van der Waals surface area contributed by atoms with Crippen molar-refractivity contribution in [2.75, 3.05) is 37.6 Å². The lowest BCUT2D eigenvalue weighted by atomic mass is 10.2. The van der Waals surface area contributed by atoms with E-state index in [1.54, 1.807) is 0 Å². The van der Waals surface area contributed by atoms with Crippen LogP contribution in [0.4, 0.5) is 5.69 Å². The molecule has 22 heavy (non-hydrogen) atoms. The number of para-hydroxylation sites is 1. The van der Waals surface area contributed by atoms with Crippen LogP contribution >= 0.6 is 12.4 Å². The highest BCUT2D eigenvalue weighted by molar-refractivity contribution is 5.96. The van der Waals surface area contributed by atoms with Crippen LogP contribution in [0.3, 0.4) is 0 Å². The number of amides is 1. The second kappa shape index (κ2) is 7.95. The van der Waals surface area contributed by atoms with Gasteiger partial charge in [-0.1, -0.05) is 25.1 Å². The highest BCUT2D eigenvalue weighted by atomic mass is 35.5. The second-order valence-corrected chi connectivity index (χ2v) is 6.04. The molecule has 1 unspecified atom stereocenters. The number of carbonyl (C=O) groups is 1. The van der Waals surface area contributed by atoms with Crippen LogP contribution in [0.1, 0.15) is 25.3 Å². The van der Waals surface area contributed by atoms with E-state index >= 15 is 0 Å². The Morgan fingerprint density at radius 1 is 1.41 bits per heavy atom. The lowest BCUT2D eigenvalue weighted by Gasteiger charge is -2.29. The minimum Gasteiger partial charge on any atom is -0.315 e. The van der Waals surface area contributed by atoms with Crippen LogP contribution in [0.15, 0.2) is 24.3 Å². The van der Waals surface area contributed by atoms with Crippen molar-refractivity contribution in [3.8, 4) is 0 Å². The summed E-state index contributed by atoms with van der Waals surface area (Å²) in [5, 5.41) is 3.40. The fourth-order valence-electron chi connectivity index (χ4n) is 3.49. The standard InChI is InChI=1S/C17H25N3O.ClH/c1-2-10-19(15-7-9-18-12-15)13-17(21)20-11-8-14-5-3-4-6-16(14)20;/h3-6,15,18H,2,7-13H2,1H3;1H. The Kier molecular flexibility index (Phi) is 6.24. The number of hydrogen-bond donors (Lipinski definition) is 1. The topological polar surface area (TPSA) is 35.6 Å². The smallest absolute Gasteiger partial charge is 0.241 e. The SMILES string of the molecule is CCCN(CC(=O)N1CCc2ccccc21)C1CCNC1.Cl. The van der Waals surface area contributed by atoms with Crippen molar-refractivity contribution in [2.24, 2.45) is 0 Å². The number of anilines is 1. The third-order valence-electron chi connectivity index (χ3n) is 4.59. The predicted octanol–water partition coefficient (Wildman–Crippen LogP) is 2.07. The van der Waals surface area contributed by atoms with E-state index in [0.717, 1.165) is 51.1 Å². The Balaban J connectivity index is 0.00000176. The summed E-state index contributed by atoms with van der Waals surface area (Å²) in [6.45, 7) is 6.67. The van der Waals surface area contributed by atoms with Crippen LogP contribution in [0.5, 0.6) is 0 Å². The normalized spacial score (nSPS) is 20.1. The van der Waals surface area contributed by atoms with Gasteiger partial charge in [0.1, 0.15) is 0 Å². The fraction of sp³-hybridized carbons (Fsp3) is 0.588. The summed E-state index contributed by atoms with van der Waals surface area (Å²) < 4.78 is 0. The molecule has 5 heteroatoms. The Hall–Kier alpha value is -1.10. The third-order valence-corrected chi connectivity index (χ3v) is 4.59. The summed E-state index contributed by atoms with van der Waals surface area (Å²) in [6.07, 6.45) is 3.24. The molecule has 0 saturated carbocycles. The quantitative estimate of drug-likeness (QED) is 0.901. The van der Waals surface area contributed by atoms with E-state index in [4.69, 9.17) is 0 Å². The van der Waals surface area contributed by atoms with Crippen LogP contribution in [0, 0.1) is 0 Å². The maximum atomic E-state index is 12.7. The Bertz CT molecular complexity index is 502. The summed E-state index contributed by atoms with van der Waals surface area (Å²) in [5.41, 5.74) is 2.42. The van der Waals surface area contributed by atoms with Gasteiger partial charge in [0, 0.05) is 24.8 Å². The predicted molar refractivity (Wildman–Crippen MR) is 92.9 cm³/mol. The van der Waals surface area contributed by atoms with E-state index < -0.39 is 0 Å². The van der Waals surface area contributed by atoms with Gasteiger partial charge < -0.3 is 10.2 Å². The largest absolute Gasteiger partial charge is 0.315 e. The molecule has 3 rings (SSSR count). The van der Waals surface area contributed by atoms with Crippen molar-refractivity contribution in [1.29, 1.82) is 0 Å². The zero-order valence-electron chi connectivity index (χ0n) is 13.3. The summed E-state index contributed by atoms with van der Waals surface area (Å²) in [5.74, 6) is 0.250. The number of hydrogen-bond acceptors (Lipinski definition) is 3. The molecule has 2 aliphatic rings. The van der Waals surface area contributed by atoms with Crippen molar-refractivity contribution in [3.05, 3.63) is 29.8 Å². The van der Waals surface area contributed by atoms with E-state index in [1.165, 1.54) is 5.56 Å². The lowest BCUT2D eigenvalue weighted by molar-refractivity contribution is -0.120. The number of nitrogens with zero attached hydrogens (tertiary/aromatic N) is 2. The molecule has 2 heterocycles. The van der Waals surface area contributed by atoms with Crippen LogP contribution in [-0.2, 0) is 11.2 Å². The molecule has 1 amide bonds. The minimum absolute atomic E-state index is 0. The van der Waals surface area contributed by atoms with Gasteiger partial charge >= 0.3 is 0 Å². The summed E-state index contributed by atoms with van der Waals surface area (Å²) in [4.78, 5) is 17.1. The average Bonchev–Trinajstić information content (AvgIpc) is 3.16. The first kappa shape index (κ1) is 17.3. The van der Waals surface area contributed by atoms with Gasteiger partial charge in [0.15, 0.2) is 0 Å². The molecule has 0 aliphatic carbocycles. The summed E-state index contributed by atoms with van der Waals surface area (Å²) in [7, 11) is 0. The molecule has 4 nitrogen and oxygen atoms in total. The minimum atomic E-state index is 0. The zero-order chi connectivity index (χ0) is 14.7. The van der Waals surface area contributed by atoms with Gasteiger partial charge in [0.25, 0.3) is 0 Å². The first-order valence-electron chi connectivity index (χ1n) is 8.12. The molecular formula is C17H26ClN3O. The fourth-order valence-corrected chi connectivity index (χ4v) is 3.49. The van der Waals surface area contributed by atoms with Crippen LogP contribution < -0.4 is 10.2 Å². The van der Waals surface area contributed by atoms with Crippen molar-refractivity contribution >= 4 is 24.0 Å². The molecule has 0 spiro atoms. The Labute approximate surface area is 139 Å². The van der Waals surface area contributed by atoms with Gasteiger partial charge in [0.05, 0.1) is 6.54 Å². The molecule has 1 N–H and O–H groups in total. The van der Waals surface area contributed by atoms with Gasteiger partial charge in [-0.25, -0.2) is 0 Å². The maximum Gasteiger partial charge on any atom is 0.241 e. The highest BCUT2D eigenvalue weighted by Crippen LogP contribution is 2.27. The van der Waals surface area contributed by atoms with E-state index in [-0.39, 0.29) is 18.3 Å². The molecule has 2 aliphatic heterocycles. The number of rotatable bonds is 5. The first-order valence-corrected chi connectivity index (χ1v) is 8.12. The highest BCUT2D eigenvalue weighted by Gasteiger charge is 2.28.